The molecule has 0 aliphatic carbocycles. The van der Waals surface area contributed by atoms with Crippen LogP contribution in [0.5, 0.6) is 0 Å². The molecule has 0 aliphatic rings. The van der Waals surface area contributed by atoms with E-state index in [1.165, 1.54) is 22.2 Å². The molecule has 0 saturated carbocycles. The van der Waals surface area contributed by atoms with Crippen molar-refractivity contribution in [3.8, 4) is 0 Å². The number of fused-ring (bicyclic) bond motifs is 1. The zero-order chi connectivity index (χ0) is 16.4. The van der Waals surface area contributed by atoms with Gasteiger partial charge in [0, 0.05) is 23.0 Å². The maximum Gasteiger partial charge on any atom is 0.237 e. The minimum absolute atomic E-state index is 0.0533. The van der Waals surface area contributed by atoms with E-state index in [1.807, 2.05) is 30.3 Å². The van der Waals surface area contributed by atoms with Gasteiger partial charge in [-0.05, 0) is 31.5 Å². The largest absolute Gasteiger partial charge is 0.315 e. The number of nitrogens with zero attached hydrogens (tertiary/aromatic N) is 3. The monoisotopic (exact) mass is 343 g/mol. The zero-order valence-electron chi connectivity index (χ0n) is 13.2. The van der Waals surface area contributed by atoms with E-state index < -0.39 is 0 Å². The molecular formula is C17H17N3OS2. The Kier molecular flexibility index (Phi) is 4.63. The van der Waals surface area contributed by atoms with Crippen molar-refractivity contribution in [1.82, 2.24) is 9.97 Å². The third-order valence-electron chi connectivity index (χ3n) is 3.78. The molecule has 0 spiro atoms. The van der Waals surface area contributed by atoms with Gasteiger partial charge in [0.1, 0.15) is 16.2 Å². The highest BCUT2D eigenvalue weighted by molar-refractivity contribution is 8.00. The molecule has 0 N–H and O–H groups in total. The first-order valence-corrected chi connectivity index (χ1v) is 9.03. The average Bonchev–Trinajstić information content (AvgIpc) is 2.88. The van der Waals surface area contributed by atoms with Crippen LogP contribution in [0.2, 0.25) is 0 Å². The second-order valence-corrected chi connectivity index (χ2v) is 7.39. The first-order chi connectivity index (χ1) is 11.1. The molecule has 23 heavy (non-hydrogen) atoms. The molecule has 0 unspecified atom stereocenters. The summed E-state index contributed by atoms with van der Waals surface area (Å²) >= 11 is 3.14. The summed E-state index contributed by atoms with van der Waals surface area (Å²) in [5, 5.41) is 1.96. The third kappa shape index (κ3) is 3.23. The summed E-state index contributed by atoms with van der Waals surface area (Å²) in [7, 11) is 1.80. The first-order valence-electron chi connectivity index (χ1n) is 7.23. The van der Waals surface area contributed by atoms with Crippen molar-refractivity contribution in [1.29, 1.82) is 0 Å². The zero-order valence-corrected chi connectivity index (χ0v) is 14.9. The Morgan fingerprint density at radius 3 is 2.70 bits per heavy atom. The Hall–Kier alpha value is -1.92. The first kappa shape index (κ1) is 16.0. The predicted octanol–water partition coefficient (Wildman–Crippen LogP) is 4.06. The van der Waals surface area contributed by atoms with Crippen LogP contribution in [0.1, 0.15) is 10.4 Å². The van der Waals surface area contributed by atoms with Crippen LogP contribution in [0, 0.1) is 13.8 Å². The van der Waals surface area contributed by atoms with Crippen molar-refractivity contribution in [2.75, 3.05) is 17.7 Å². The van der Waals surface area contributed by atoms with E-state index in [-0.39, 0.29) is 5.91 Å². The number of aryl methyl sites for hydroxylation is 2. The molecule has 0 aliphatic heterocycles. The number of thioether (sulfide) groups is 1. The smallest absolute Gasteiger partial charge is 0.237 e. The summed E-state index contributed by atoms with van der Waals surface area (Å²) < 4.78 is 0. The highest BCUT2D eigenvalue weighted by Crippen LogP contribution is 2.34. The van der Waals surface area contributed by atoms with Gasteiger partial charge in [-0.2, -0.15) is 0 Å². The Bertz CT molecular complexity index is 846. The average molecular weight is 343 g/mol. The van der Waals surface area contributed by atoms with Gasteiger partial charge >= 0.3 is 0 Å². The number of anilines is 1. The second-order valence-electron chi connectivity index (χ2n) is 5.22. The lowest BCUT2D eigenvalue weighted by atomic mass is 10.2. The molecule has 0 atom stereocenters. The Balaban J connectivity index is 1.77. The fraction of sp³-hybridized carbons (Fsp3) is 0.235. The molecule has 1 aromatic carbocycles. The number of carbonyl (C=O) groups excluding carboxylic acids is 1. The summed E-state index contributed by atoms with van der Waals surface area (Å²) in [5.74, 6) is 0.406. The van der Waals surface area contributed by atoms with Crippen LogP contribution in [0.4, 0.5) is 5.69 Å². The summed E-state index contributed by atoms with van der Waals surface area (Å²) in [6.07, 6.45) is 1.57. The maximum absolute atomic E-state index is 12.4. The minimum atomic E-state index is 0.0533. The molecule has 2 aromatic heterocycles. The number of amides is 1. The summed E-state index contributed by atoms with van der Waals surface area (Å²) in [6.45, 7) is 4.17. The van der Waals surface area contributed by atoms with Crippen LogP contribution in [0.15, 0.2) is 41.7 Å². The van der Waals surface area contributed by atoms with Crippen molar-refractivity contribution < 1.29 is 4.79 Å². The summed E-state index contributed by atoms with van der Waals surface area (Å²) in [6, 6.07) is 9.65. The lowest BCUT2D eigenvalue weighted by molar-refractivity contribution is -0.115. The molecular weight excluding hydrogens is 326 g/mol. The van der Waals surface area contributed by atoms with Gasteiger partial charge in [0.2, 0.25) is 5.91 Å². The van der Waals surface area contributed by atoms with Gasteiger partial charge in [-0.15, -0.1) is 11.3 Å². The van der Waals surface area contributed by atoms with Crippen molar-refractivity contribution in [2.24, 2.45) is 0 Å². The van der Waals surface area contributed by atoms with Gasteiger partial charge in [-0.3, -0.25) is 4.79 Å². The molecule has 0 fully saturated rings. The summed E-state index contributed by atoms with van der Waals surface area (Å²) in [5.41, 5.74) is 2.10. The summed E-state index contributed by atoms with van der Waals surface area (Å²) in [4.78, 5) is 25.0. The van der Waals surface area contributed by atoms with Crippen molar-refractivity contribution in [2.45, 2.75) is 18.9 Å². The Morgan fingerprint density at radius 2 is 1.96 bits per heavy atom. The Labute approximate surface area is 143 Å². The molecule has 4 nitrogen and oxygen atoms in total. The molecule has 0 bridgehead atoms. The highest BCUT2D eigenvalue weighted by atomic mass is 32.2. The quantitative estimate of drug-likeness (QED) is 0.529. The van der Waals surface area contributed by atoms with Crippen molar-refractivity contribution >= 4 is 44.9 Å². The predicted molar refractivity (Wildman–Crippen MR) is 97.5 cm³/mol. The van der Waals surface area contributed by atoms with Gasteiger partial charge in [-0.25, -0.2) is 9.97 Å². The SMILES string of the molecule is Cc1sc2ncnc(SCC(=O)N(C)c3ccccc3)c2c1C. The number of aromatic nitrogens is 2. The van der Waals surface area contributed by atoms with Gasteiger partial charge in [0.05, 0.1) is 5.75 Å². The van der Waals surface area contributed by atoms with E-state index in [1.54, 1.807) is 29.6 Å². The van der Waals surface area contributed by atoms with Crippen LogP contribution in [0.25, 0.3) is 10.2 Å². The fourth-order valence-electron chi connectivity index (χ4n) is 2.28. The molecule has 2 heterocycles. The van der Waals surface area contributed by atoms with E-state index in [4.69, 9.17) is 0 Å². The highest BCUT2D eigenvalue weighted by Gasteiger charge is 2.15. The van der Waals surface area contributed by atoms with Gasteiger partial charge in [-0.1, -0.05) is 30.0 Å². The Morgan fingerprint density at radius 1 is 1.22 bits per heavy atom. The molecule has 0 saturated heterocycles. The minimum Gasteiger partial charge on any atom is -0.315 e. The fourth-order valence-corrected chi connectivity index (χ4v) is 4.31. The number of benzene rings is 1. The molecule has 3 aromatic rings. The number of rotatable bonds is 4. The van der Waals surface area contributed by atoms with E-state index >= 15 is 0 Å². The molecule has 6 heteroatoms. The molecule has 0 radical (unpaired) electrons. The topological polar surface area (TPSA) is 46.1 Å². The number of hydrogen-bond donors (Lipinski definition) is 0. The lowest BCUT2D eigenvalue weighted by Gasteiger charge is -2.16. The van der Waals surface area contributed by atoms with E-state index in [0.717, 1.165) is 20.9 Å². The van der Waals surface area contributed by atoms with Crippen LogP contribution in [-0.4, -0.2) is 28.7 Å². The lowest BCUT2D eigenvalue weighted by Crippen LogP contribution is -2.27. The number of thiophene rings is 1. The third-order valence-corrected chi connectivity index (χ3v) is 5.87. The van der Waals surface area contributed by atoms with Crippen LogP contribution >= 0.6 is 23.1 Å². The van der Waals surface area contributed by atoms with Crippen LogP contribution in [0.3, 0.4) is 0 Å². The number of para-hydroxylation sites is 1. The van der Waals surface area contributed by atoms with Gasteiger partial charge < -0.3 is 4.90 Å². The van der Waals surface area contributed by atoms with Crippen LogP contribution in [-0.2, 0) is 4.79 Å². The van der Waals surface area contributed by atoms with E-state index in [2.05, 4.69) is 23.8 Å². The maximum atomic E-state index is 12.4. The van der Waals surface area contributed by atoms with Crippen molar-refractivity contribution in [3.05, 3.63) is 47.1 Å². The van der Waals surface area contributed by atoms with E-state index in [9.17, 15) is 4.79 Å². The van der Waals surface area contributed by atoms with E-state index in [0.29, 0.717) is 5.75 Å². The molecule has 118 valence electrons. The standard InChI is InChI=1S/C17H17N3OS2/c1-11-12(2)23-17-15(11)16(18-10-19-17)22-9-14(21)20(3)13-7-5-4-6-8-13/h4-8,10H,9H2,1-3H3. The number of carbonyl (C=O) groups is 1. The molecule has 3 rings (SSSR count). The van der Waals surface area contributed by atoms with Gasteiger partial charge in [0.15, 0.2) is 0 Å². The second kappa shape index (κ2) is 6.68. The normalized spacial score (nSPS) is 10.9. The number of hydrogen-bond acceptors (Lipinski definition) is 5. The van der Waals surface area contributed by atoms with Gasteiger partial charge in [0.25, 0.3) is 0 Å². The van der Waals surface area contributed by atoms with Crippen molar-refractivity contribution in [3.63, 3.8) is 0 Å². The molecule has 1 amide bonds. The van der Waals surface area contributed by atoms with Crippen LogP contribution < -0.4 is 4.90 Å².